The summed E-state index contributed by atoms with van der Waals surface area (Å²) in [5.74, 6) is -0.218. The normalized spacial score (nSPS) is 10.5. The SMILES string of the molecule is Cc1cc(NC(=O)c2ccccc2)c2cc(NC(=O)Nc3cccc(Cl)c3)ccc2n1. The largest absolute Gasteiger partial charge is 0.323 e. The minimum absolute atomic E-state index is 0.218. The van der Waals surface area contributed by atoms with E-state index in [1.807, 2.05) is 25.1 Å². The average Bonchev–Trinajstić information content (AvgIpc) is 2.74. The van der Waals surface area contributed by atoms with Crippen molar-refractivity contribution in [3.05, 3.63) is 95.1 Å². The maximum absolute atomic E-state index is 12.6. The van der Waals surface area contributed by atoms with Crippen LogP contribution in [0.15, 0.2) is 78.9 Å². The van der Waals surface area contributed by atoms with E-state index in [1.54, 1.807) is 60.7 Å². The number of amides is 3. The maximum atomic E-state index is 12.6. The Morgan fingerprint density at radius 3 is 2.29 bits per heavy atom. The third kappa shape index (κ3) is 4.99. The van der Waals surface area contributed by atoms with E-state index in [0.717, 1.165) is 11.1 Å². The summed E-state index contributed by atoms with van der Waals surface area (Å²) >= 11 is 5.96. The lowest BCUT2D eigenvalue weighted by atomic mass is 10.1. The molecular formula is C24H19ClN4O2. The number of hydrogen-bond acceptors (Lipinski definition) is 3. The summed E-state index contributed by atoms with van der Waals surface area (Å²) in [5, 5.41) is 9.73. The molecule has 7 heteroatoms. The highest BCUT2D eigenvalue weighted by Crippen LogP contribution is 2.27. The van der Waals surface area contributed by atoms with Crippen molar-refractivity contribution in [2.24, 2.45) is 0 Å². The molecule has 0 saturated carbocycles. The molecule has 1 heterocycles. The average molecular weight is 431 g/mol. The van der Waals surface area contributed by atoms with E-state index in [1.165, 1.54) is 0 Å². The molecule has 154 valence electrons. The van der Waals surface area contributed by atoms with E-state index in [4.69, 9.17) is 11.6 Å². The lowest BCUT2D eigenvalue weighted by Gasteiger charge is -2.12. The Bertz CT molecular complexity index is 1280. The highest BCUT2D eigenvalue weighted by Gasteiger charge is 2.11. The number of benzene rings is 3. The molecule has 0 unspecified atom stereocenters. The van der Waals surface area contributed by atoms with Crippen LogP contribution in [0.2, 0.25) is 5.02 Å². The van der Waals surface area contributed by atoms with Crippen molar-refractivity contribution in [3.8, 4) is 0 Å². The third-order valence-electron chi connectivity index (χ3n) is 4.56. The zero-order chi connectivity index (χ0) is 21.8. The quantitative estimate of drug-likeness (QED) is 0.366. The number of anilines is 3. The predicted molar refractivity (Wildman–Crippen MR) is 125 cm³/mol. The van der Waals surface area contributed by atoms with Crippen molar-refractivity contribution >= 4 is 51.5 Å². The van der Waals surface area contributed by atoms with Gasteiger partial charge in [-0.25, -0.2) is 4.79 Å². The summed E-state index contributed by atoms with van der Waals surface area (Å²) < 4.78 is 0. The van der Waals surface area contributed by atoms with Gasteiger partial charge in [-0.1, -0.05) is 35.9 Å². The highest BCUT2D eigenvalue weighted by molar-refractivity contribution is 6.30. The van der Waals surface area contributed by atoms with Crippen LogP contribution in [0.1, 0.15) is 16.1 Å². The van der Waals surface area contributed by atoms with Gasteiger partial charge in [0.05, 0.1) is 11.2 Å². The molecule has 31 heavy (non-hydrogen) atoms. The molecule has 0 saturated heterocycles. The van der Waals surface area contributed by atoms with E-state index in [2.05, 4.69) is 20.9 Å². The molecule has 1 aromatic heterocycles. The smallest absolute Gasteiger partial charge is 0.321 e. The van der Waals surface area contributed by atoms with Crippen LogP contribution in [-0.4, -0.2) is 16.9 Å². The molecule has 6 nitrogen and oxygen atoms in total. The second kappa shape index (κ2) is 8.85. The van der Waals surface area contributed by atoms with Gasteiger partial charge in [0.25, 0.3) is 5.91 Å². The van der Waals surface area contributed by atoms with Crippen LogP contribution >= 0.6 is 11.6 Å². The van der Waals surface area contributed by atoms with Crippen LogP contribution < -0.4 is 16.0 Å². The molecule has 0 bridgehead atoms. The van der Waals surface area contributed by atoms with Crippen molar-refractivity contribution in [1.29, 1.82) is 0 Å². The highest BCUT2D eigenvalue weighted by atomic mass is 35.5. The molecule has 3 aromatic carbocycles. The van der Waals surface area contributed by atoms with Gasteiger partial charge in [-0.15, -0.1) is 0 Å². The second-order valence-corrected chi connectivity index (χ2v) is 7.39. The number of nitrogens with one attached hydrogen (secondary N) is 3. The number of halogens is 1. The molecule has 0 aliphatic rings. The van der Waals surface area contributed by atoms with Gasteiger partial charge >= 0.3 is 6.03 Å². The number of pyridine rings is 1. The first kappa shape index (κ1) is 20.4. The van der Waals surface area contributed by atoms with Gasteiger partial charge in [-0.05, 0) is 61.5 Å². The predicted octanol–water partition coefficient (Wildman–Crippen LogP) is 6.09. The summed E-state index contributed by atoms with van der Waals surface area (Å²) in [7, 11) is 0. The van der Waals surface area contributed by atoms with Gasteiger partial charge in [0, 0.05) is 33.0 Å². The van der Waals surface area contributed by atoms with Crippen LogP contribution in [0.25, 0.3) is 10.9 Å². The molecule has 0 aliphatic heterocycles. The van der Waals surface area contributed by atoms with Crippen molar-refractivity contribution in [1.82, 2.24) is 4.98 Å². The number of nitrogens with zero attached hydrogens (tertiary/aromatic N) is 1. The number of fused-ring (bicyclic) bond motifs is 1. The van der Waals surface area contributed by atoms with E-state index in [9.17, 15) is 9.59 Å². The third-order valence-corrected chi connectivity index (χ3v) is 4.80. The fourth-order valence-electron chi connectivity index (χ4n) is 3.18. The Hall–Kier alpha value is -3.90. The molecule has 0 fully saturated rings. The molecule has 3 amide bonds. The number of carbonyl (C=O) groups is 2. The van der Waals surface area contributed by atoms with Gasteiger partial charge in [-0.3, -0.25) is 9.78 Å². The summed E-state index contributed by atoms with van der Waals surface area (Å²) in [4.78, 5) is 29.5. The zero-order valence-electron chi connectivity index (χ0n) is 16.6. The van der Waals surface area contributed by atoms with Crippen LogP contribution in [0.4, 0.5) is 21.9 Å². The monoisotopic (exact) mass is 430 g/mol. The fourth-order valence-corrected chi connectivity index (χ4v) is 3.37. The summed E-state index contributed by atoms with van der Waals surface area (Å²) in [6, 6.07) is 22.6. The van der Waals surface area contributed by atoms with Gasteiger partial charge < -0.3 is 16.0 Å². The Balaban J connectivity index is 1.58. The van der Waals surface area contributed by atoms with Crippen LogP contribution in [0.5, 0.6) is 0 Å². The second-order valence-electron chi connectivity index (χ2n) is 6.95. The summed E-state index contributed by atoms with van der Waals surface area (Å²) in [5.41, 5.74) is 3.81. The summed E-state index contributed by atoms with van der Waals surface area (Å²) in [6.45, 7) is 1.86. The van der Waals surface area contributed by atoms with Gasteiger partial charge in [0.2, 0.25) is 0 Å². The minimum Gasteiger partial charge on any atom is -0.321 e. The Morgan fingerprint density at radius 1 is 0.806 bits per heavy atom. The number of rotatable bonds is 4. The first-order valence-corrected chi connectivity index (χ1v) is 9.97. The van der Waals surface area contributed by atoms with Gasteiger partial charge in [0.15, 0.2) is 0 Å². The first-order valence-electron chi connectivity index (χ1n) is 9.59. The summed E-state index contributed by atoms with van der Waals surface area (Å²) in [6.07, 6.45) is 0. The standard InChI is InChI=1S/C24H19ClN4O2/c1-15-12-22(29-23(30)16-6-3-2-4-7-16)20-14-19(10-11-21(20)26-15)28-24(31)27-18-9-5-8-17(25)13-18/h2-14H,1H3,(H,26,29,30)(H2,27,28,31). The number of aromatic nitrogens is 1. The van der Waals surface area contributed by atoms with E-state index >= 15 is 0 Å². The van der Waals surface area contributed by atoms with Crippen molar-refractivity contribution in [2.75, 3.05) is 16.0 Å². The van der Waals surface area contributed by atoms with Crippen LogP contribution in [0.3, 0.4) is 0 Å². The van der Waals surface area contributed by atoms with E-state index < -0.39 is 6.03 Å². The van der Waals surface area contributed by atoms with E-state index in [0.29, 0.717) is 33.2 Å². The van der Waals surface area contributed by atoms with Crippen molar-refractivity contribution in [3.63, 3.8) is 0 Å². The molecule has 0 aliphatic carbocycles. The molecule has 4 rings (SSSR count). The molecule has 3 N–H and O–H groups in total. The maximum Gasteiger partial charge on any atom is 0.323 e. The number of aryl methyl sites for hydroxylation is 1. The van der Waals surface area contributed by atoms with Gasteiger partial charge in [0.1, 0.15) is 0 Å². The van der Waals surface area contributed by atoms with Crippen molar-refractivity contribution in [2.45, 2.75) is 6.92 Å². The Morgan fingerprint density at radius 2 is 1.55 bits per heavy atom. The minimum atomic E-state index is -0.406. The number of urea groups is 1. The first-order chi connectivity index (χ1) is 15.0. The zero-order valence-corrected chi connectivity index (χ0v) is 17.4. The lowest BCUT2D eigenvalue weighted by Crippen LogP contribution is -2.19. The lowest BCUT2D eigenvalue weighted by molar-refractivity contribution is 0.102. The van der Waals surface area contributed by atoms with Gasteiger partial charge in [-0.2, -0.15) is 0 Å². The Kier molecular flexibility index (Phi) is 5.82. The molecule has 4 aromatic rings. The molecule has 0 radical (unpaired) electrons. The van der Waals surface area contributed by atoms with Crippen LogP contribution in [-0.2, 0) is 0 Å². The van der Waals surface area contributed by atoms with Crippen LogP contribution in [0, 0.1) is 6.92 Å². The number of hydrogen-bond donors (Lipinski definition) is 3. The molecule has 0 spiro atoms. The number of carbonyl (C=O) groups excluding carboxylic acids is 2. The Labute approximate surface area is 184 Å². The molecular weight excluding hydrogens is 412 g/mol. The van der Waals surface area contributed by atoms with Crippen molar-refractivity contribution < 1.29 is 9.59 Å². The fraction of sp³-hybridized carbons (Fsp3) is 0.0417. The topological polar surface area (TPSA) is 83.1 Å². The molecule has 0 atom stereocenters. The van der Waals surface area contributed by atoms with E-state index in [-0.39, 0.29) is 5.91 Å².